The molecule has 0 unspecified atom stereocenters. The van der Waals surface area contributed by atoms with Crippen LogP contribution in [0, 0.1) is 0 Å². The normalized spacial score (nSPS) is 18.4. The molecule has 1 saturated heterocycles. The molecule has 2 N–H and O–H groups in total. The lowest BCUT2D eigenvalue weighted by molar-refractivity contribution is -0.112. The summed E-state index contributed by atoms with van der Waals surface area (Å²) in [6, 6.07) is 1.62. The van der Waals surface area contributed by atoms with Gasteiger partial charge in [0, 0.05) is 23.5 Å². The summed E-state index contributed by atoms with van der Waals surface area (Å²) in [7, 11) is -2.93. The Bertz CT molecular complexity index is 626. The van der Waals surface area contributed by atoms with Crippen molar-refractivity contribution in [1.82, 2.24) is 4.98 Å². The van der Waals surface area contributed by atoms with Crippen LogP contribution in [0.15, 0.2) is 25.0 Å². The van der Waals surface area contributed by atoms with E-state index >= 15 is 0 Å². The van der Waals surface area contributed by atoms with Crippen LogP contribution in [-0.4, -0.2) is 36.9 Å². The van der Waals surface area contributed by atoms with Crippen LogP contribution in [0.25, 0.3) is 5.57 Å². The van der Waals surface area contributed by atoms with Crippen LogP contribution in [0.4, 0.5) is 0 Å². The van der Waals surface area contributed by atoms with Gasteiger partial charge in [0.05, 0.1) is 11.5 Å². The van der Waals surface area contributed by atoms with Gasteiger partial charge >= 0.3 is 0 Å². The molecule has 1 amide bonds. The molecule has 0 radical (unpaired) electrons. The predicted octanol–water partition coefficient (Wildman–Crippen LogP) is 0.536. The Morgan fingerprint density at radius 2 is 2.05 bits per heavy atom. The third-order valence-corrected chi connectivity index (χ3v) is 4.91. The number of pyridine rings is 1. The Balaban J connectivity index is 2.14. The van der Waals surface area contributed by atoms with Gasteiger partial charge in [-0.2, -0.15) is 0 Å². The molecule has 0 saturated carbocycles. The average Bonchev–Trinajstić information content (AvgIpc) is 2.41. The molecule has 0 spiro atoms. The molecule has 1 aromatic rings. The van der Waals surface area contributed by atoms with Gasteiger partial charge in [0.1, 0.15) is 11.9 Å². The molecule has 0 aliphatic carbocycles. The molecule has 108 valence electrons. The highest BCUT2D eigenvalue weighted by Gasteiger charge is 2.25. The molecule has 2 rings (SSSR count). The summed E-state index contributed by atoms with van der Waals surface area (Å²) in [6.45, 7) is 3.61. The van der Waals surface area contributed by atoms with Crippen LogP contribution >= 0.6 is 0 Å². The zero-order chi connectivity index (χ0) is 14.8. The quantitative estimate of drug-likeness (QED) is 0.817. The number of rotatable bonds is 4. The molecular formula is C13H16N2O4S. The maximum atomic E-state index is 11.4. The number of nitrogens with two attached hydrogens (primary N) is 1. The molecular weight excluding hydrogens is 280 g/mol. The van der Waals surface area contributed by atoms with Crippen LogP contribution < -0.4 is 10.5 Å². The maximum Gasteiger partial charge on any atom is 0.248 e. The number of amides is 1. The smallest absolute Gasteiger partial charge is 0.248 e. The van der Waals surface area contributed by atoms with Crippen molar-refractivity contribution >= 4 is 21.3 Å². The molecule has 2 heterocycles. The second kappa shape index (κ2) is 5.62. The zero-order valence-electron chi connectivity index (χ0n) is 10.9. The van der Waals surface area contributed by atoms with E-state index in [9.17, 15) is 13.2 Å². The van der Waals surface area contributed by atoms with Gasteiger partial charge in [-0.05, 0) is 18.9 Å². The summed E-state index contributed by atoms with van der Waals surface area (Å²) in [5.74, 6) is 0.0473. The van der Waals surface area contributed by atoms with Gasteiger partial charge in [0.15, 0.2) is 9.84 Å². The number of hydrogen-bond acceptors (Lipinski definition) is 5. The third kappa shape index (κ3) is 3.36. The van der Waals surface area contributed by atoms with Gasteiger partial charge in [-0.3, -0.25) is 9.78 Å². The van der Waals surface area contributed by atoms with E-state index in [1.54, 1.807) is 6.07 Å². The topological polar surface area (TPSA) is 99.3 Å². The third-order valence-electron chi connectivity index (χ3n) is 3.20. The molecule has 1 aliphatic rings. The first-order valence-electron chi connectivity index (χ1n) is 6.19. The molecule has 1 aromatic heterocycles. The minimum absolute atomic E-state index is 0.120. The highest BCUT2D eigenvalue weighted by atomic mass is 32.2. The Morgan fingerprint density at radius 1 is 1.40 bits per heavy atom. The first kappa shape index (κ1) is 14.5. The minimum Gasteiger partial charge on any atom is -0.490 e. The number of carbonyl (C=O) groups excluding carboxylic acids is 1. The number of hydrogen-bond donors (Lipinski definition) is 1. The van der Waals surface area contributed by atoms with E-state index in [4.69, 9.17) is 10.5 Å². The van der Waals surface area contributed by atoms with Gasteiger partial charge < -0.3 is 10.5 Å². The van der Waals surface area contributed by atoms with Gasteiger partial charge in [-0.15, -0.1) is 0 Å². The van der Waals surface area contributed by atoms with Crippen molar-refractivity contribution in [3.8, 4) is 5.75 Å². The van der Waals surface area contributed by atoms with Crippen LogP contribution in [0.5, 0.6) is 5.75 Å². The molecule has 0 atom stereocenters. The Hall–Kier alpha value is -1.89. The van der Waals surface area contributed by atoms with Crippen molar-refractivity contribution in [1.29, 1.82) is 0 Å². The zero-order valence-corrected chi connectivity index (χ0v) is 11.7. The molecule has 20 heavy (non-hydrogen) atoms. The van der Waals surface area contributed by atoms with E-state index in [-0.39, 0.29) is 23.2 Å². The van der Waals surface area contributed by atoms with E-state index in [0.717, 1.165) is 0 Å². The van der Waals surface area contributed by atoms with Crippen molar-refractivity contribution in [2.75, 3.05) is 11.5 Å². The molecule has 1 aliphatic heterocycles. The highest BCUT2D eigenvalue weighted by molar-refractivity contribution is 7.91. The average molecular weight is 296 g/mol. The van der Waals surface area contributed by atoms with Gasteiger partial charge in [0.2, 0.25) is 5.91 Å². The van der Waals surface area contributed by atoms with Crippen molar-refractivity contribution in [3.05, 3.63) is 30.6 Å². The lowest BCUT2D eigenvalue weighted by Crippen LogP contribution is -2.31. The van der Waals surface area contributed by atoms with Gasteiger partial charge in [-0.1, -0.05) is 6.58 Å². The number of sulfone groups is 1. The van der Waals surface area contributed by atoms with Crippen molar-refractivity contribution in [2.24, 2.45) is 5.73 Å². The lowest BCUT2D eigenvalue weighted by atomic mass is 10.1. The largest absolute Gasteiger partial charge is 0.490 e. The summed E-state index contributed by atoms with van der Waals surface area (Å²) in [5.41, 5.74) is 5.76. The fraction of sp³-hybridized carbons (Fsp3) is 0.385. The summed E-state index contributed by atoms with van der Waals surface area (Å²) in [6.07, 6.45) is 3.68. The molecule has 6 nitrogen and oxygen atoms in total. The Morgan fingerprint density at radius 3 is 2.65 bits per heavy atom. The van der Waals surface area contributed by atoms with Crippen LogP contribution in [0.1, 0.15) is 18.4 Å². The second-order valence-electron chi connectivity index (χ2n) is 4.68. The number of primary amides is 1. The van der Waals surface area contributed by atoms with E-state index in [1.807, 2.05) is 0 Å². The van der Waals surface area contributed by atoms with E-state index in [1.165, 1.54) is 12.4 Å². The molecule has 1 fully saturated rings. The monoisotopic (exact) mass is 296 g/mol. The van der Waals surface area contributed by atoms with E-state index in [0.29, 0.717) is 24.2 Å². The van der Waals surface area contributed by atoms with Crippen LogP contribution in [0.3, 0.4) is 0 Å². The lowest BCUT2D eigenvalue weighted by Gasteiger charge is -2.24. The summed E-state index contributed by atoms with van der Waals surface area (Å²) < 4.78 is 28.5. The fourth-order valence-corrected chi connectivity index (χ4v) is 3.46. The number of ether oxygens (including phenoxy) is 1. The molecule has 7 heteroatoms. The standard InChI is InChI=1S/C13H16N2O4S/c1-9(13(14)16)11-8-15-5-2-12(11)19-10-3-6-20(17,18)7-4-10/h2,5,8,10H,1,3-4,6-7H2,(H2,14,16). The maximum absolute atomic E-state index is 11.4. The SMILES string of the molecule is C=C(C(N)=O)c1cnccc1OC1CCS(=O)(=O)CC1. The van der Waals surface area contributed by atoms with Crippen LogP contribution in [0.2, 0.25) is 0 Å². The predicted molar refractivity (Wildman–Crippen MR) is 74.8 cm³/mol. The Kier molecular flexibility index (Phi) is 4.08. The summed E-state index contributed by atoms with van der Waals surface area (Å²) >= 11 is 0. The van der Waals surface area contributed by atoms with E-state index in [2.05, 4.69) is 11.6 Å². The number of carbonyl (C=O) groups is 1. The fourth-order valence-electron chi connectivity index (χ4n) is 2.01. The number of aromatic nitrogens is 1. The Labute approximate surface area is 117 Å². The van der Waals surface area contributed by atoms with Gasteiger partial charge in [-0.25, -0.2) is 8.42 Å². The highest BCUT2D eigenvalue weighted by Crippen LogP contribution is 2.27. The van der Waals surface area contributed by atoms with Crippen molar-refractivity contribution in [2.45, 2.75) is 18.9 Å². The van der Waals surface area contributed by atoms with Crippen molar-refractivity contribution < 1.29 is 17.9 Å². The summed E-state index contributed by atoms with van der Waals surface area (Å²) in [4.78, 5) is 15.1. The number of nitrogens with zero attached hydrogens (tertiary/aromatic N) is 1. The first-order chi connectivity index (χ1) is 9.39. The van der Waals surface area contributed by atoms with Crippen LogP contribution in [-0.2, 0) is 14.6 Å². The second-order valence-corrected chi connectivity index (χ2v) is 6.99. The first-order valence-corrected chi connectivity index (χ1v) is 8.01. The van der Waals surface area contributed by atoms with Gasteiger partial charge in [0.25, 0.3) is 0 Å². The summed E-state index contributed by atoms with van der Waals surface area (Å²) in [5, 5.41) is 0. The van der Waals surface area contributed by atoms with E-state index < -0.39 is 15.7 Å². The molecule has 0 bridgehead atoms. The van der Waals surface area contributed by atoms with Crippen molar-refractivity contribution in [3.63, 3.8) is 0 Å². The minimum atomic E-state index is -2.93. The molecule has 0 aromatic carbocycles.